The van der Waals surface area contributed by atoms with E-state index in [-0.39, 0.29) is 12.5 Å². The first-order chi connectivity index (χ1) is 12.3. The molecule has 1 aromatic carbocycles. The third kappa shape index (κ3) is 4.54. The second-order valence-corrected chi connectivity index (χ2v) is 6.01. The van der Waals surface area contributed by atoms with E-state index < -0.39 is 0 Å². The van der Waals surface area contributed by atoms with Crippen molar-refractivity contribution < 1.29 is 14.3 Å². The number of carbonyl (C=O) groups is 1. The molecular formula is C18H17N3O3S. The Hall–Kier alpha value is -2.93. The summed E-state index contributed by atoms with van der Waals surface area (Å²) < 4.78 is 11.0. The van der Waals surface area contributed by atoms with Crippen molar-refractivity contribution in [2.75, 3.05) is 7.11 Å². The van der Waals surface area contributed by atoms with E-state index >= 15 is 0 Å². The normalized spacial score (nSPS) is 10.3. The van der Waals surface area contributed by atoms with E-state index in [9.17, 15) is 4.79 Å². The summed E-state index contributed by atoms with van der Waals surface area (Å²) in [5, 5.41) is 5.24. The number of carbonyl (C=O) groups excluding carboxylic acids is 1. The predicted molar refractivity (Wildman–Crippen MR) is 94.8 cm³/mol. The first-order valence-electron chi connectivity index (χ1n) is 7.64. The molecule has 0 unspecified atom stereocenters. The number of amides is 1. The number of nitrogens with one attached hydrogen (secondary N) is 1. The van der Waals surface area contributed by atoms with Gasteiger partial charge in [0.05, 0.1) is 19.3 Å². The van der Waals surface area contributed by atoms with Gasteiger partial charge in [0, 0.05) is 11.6 Å². The average molecular weight is 355 g/mol. The van der Waals surface area contributed by atoms with Crippen molar-refractivity contribution in [1.29, 1.82) is 0 Å². The molecule has 0 atom stereocenters. The third-order valence-corrected chi connectivity index (χ3v) is 4.18. The van der Waals surface area contributed by atoms with Gasteiger partial charge in [-0.3, -0.25) is 9.78 Å². The molecule has 0 bridgehead atoms. The summed E-state index contributed by atoms with van der Waals surface area (Å²) in [7, 11) is 1.59. The fourth-order valence-electron chi connectivity index (χ4n) is 2.12. The highest BCUT2D eigenvalue weighted by Crippen LogP contribution is 2.27. The van der Waals surface area contributed by atoms with Crippen molar-refractivity contribution in [3.05, 3.63) is 70.4 Å². The number of thiazole rings is 1. The number of hydrogen-bond donors (Lipinski definition) is 1. The van der Waals surface area contributed by atoms with Crippen molar-refractivity contribution in [2.45, 2.75) is 13.2 Å². The maximum absolute atomic E-state index is 12.2. The molecule has 0 spiro atoms. The summed E-state index contributed by atoms with van der Waals surface area (Å²) in [6.07, 6.45) is 1.69. The summed E-state index contributed by atoms with van der Waals surface area (Å²) in [6.45, 7) is 0.642. The van der Waals surface area contributed by atoms with Crippen LogP contribution in [0.1, 0.15) is 21.2 Å². The van der Waals surface area contributed by atoms with Gasteiger partial charge < -0.3 is 14.8 Å². The molecule has 0 aliphatic carbocycles. The SMILES string of the molecule is COc1ccccc1OCc1nc(C(=O)NCc2ccccn2)cs1. The lowest BCUT2D eigenvalue weighted by Gasteiger charge is -2.08. The largest absolute Gasteiger partial charge is 0.493 e. The molecule has 1 amide bonds. The first-order valence-corrected chi connectivity index (χ1v) is 8.52. The lowest BCUT2D eigenvalue weighted by Crippen LogP contribution is -2.23. The van der Waals surface area contributed by atoms with E-state index in [0.29, 0.717) is 28.7 Å². The molecule has 0 aliphatic rings. The highest BCUT2D eigenvalue weighted by Gasteiger charge is 2.12. The van der Waals surface area contributed by atoms with Gasteiger partial charge in [0.1, 0.15) is 17.3 Å². The van der Waals surface area contributed by atoms with Crippen LogP contribution in [0.4, 0.5) is 0 Å². The maximum Gasteiger partial charge on any atom is 0.271 e. The number of aromatic nitrogens is 2. The molecule has 2 heterocycles. The number of nitrogens with zero attached hydrogens (tertiary/aromatic N) is 2. The Morgan fingerprint density at radius 1 is 1.16 bits per heavy atom. The molecule has 6 nitrogen and oxygen atoms in total. The van der Waals surface area contributed by atoms with E-state index in [1.807, 2.05) is 42.5 Å². The summed E-state index contributed by atoms with van der Waals surface area (Å²) >= 11 is 1.38. The van der Waals surface area contributed by atoms with Gasteiger partial charge in [-0.2, -0.15) is 0 Å². The number of rotatable bonds is 7. The zero-order chi connectivity index (χ0) is 17.5. The number of para-hydroxylation sites is 2. The fourth-order valence-corrected chi connectivity index (χ4v) is 2.81. The number of methoxy groups -OCH3 is 1. The summed E-state index contributed by atoms with van der Waals surface area (Å²) in [5.74, 6) is 1.07. The number of pyridine rings is 1. The Balaban J connectivity index is 1.55. The summed E-state index contributed by atoms with van der Waals surface area (Å²) in [4.78, 5) is 20.6. The van der Waals surface area contributed by atoms with Gasteiger partial charge in [-0.1, -0.05) is 18.2 Å². The minimum Gasteiger partial charge on any atom is -0.493 e. The molecule has 25 heavy (non-hydrogen) atoms. The number of ether oxygens (including phenoxy) is 2. The van der Waals surface area contributed by atoms with Crippen molar-refractivity contribution in [3.63, 3.8) is 0 Å². The summed E-state index contributed by atoms with van der Waals surface area (Å²) in [5.41, 5.74) is 1.17. The van der Waals surface area contributed by atoms with Crippen LogP contribution in [0, 0.1) is 0 Å². The van der Waals surface area contributed by atoms with Crippen LogP contribution in [0.3, 0.4) is 0 Å². The summed E-state index contributed by atoms with van der Waals surface area (Å²) in [6, 6.07) is 13.0. The van der Waals surface area contributed by atoms with Gasteiger partial charge in [-0.15, -0.1) is 11.3 Å². The van der Waals surface area contributed by atoms with E-state index in [1.54, 1.807) is 18.7 Å². The lowest BCUT2D eigenvalue weighted by molar-refractivity contribution is 0.0945. The molecule has 3 aromatic rings. The second kappa shape index (κ2) is 8.25. The van der Waals surface area contributed by atoms with Crippen LogP contribution in [0.5, 0.6) is 11.5 Å². The zero-order valence-corrected chi connectivity index (χ0v) is 14.5. The van der Waals surface area contributed by atoms with Gasteiger partial charge >= 0.3 is 0 Å². The second-order valence-electron chi connectivity index (χ2n) is 5.07. The van der Waals surface area contributed by atoms with Crippen molar-refractivity contribution >= 4 is 17.2 Å². The van der Waals surface area contributed by atoms with Gasteiger partial charge in [-0.05, 0) is 24.3 Å². The van der Waals surface area contributed by atoms with Crippen LogP contribution in [0.15, 0.2) is 54.0 Å². The highest BCUT2D eigenvalue weighted by molar-refractivity contribution is 7.09. The van der Waals surface area contributed by atoms with Crippen molar-refractivity contribution in [1.82, 2.24) is 15.3 Å². The maximum atomic E-state index is 12.2. The number of hydrogen-bond acceptors (Lipinski definition) is 6. The van der Waals surface area contributed by atoms with E-state index in [1.165, 1.54) is 11.3 Å². The molecule has 0 fully saturated rings. The Bertz CT molecular complexity index is 836. The molecule has 0 radical (unpaired) electrons. The van der Waals surface area contributed by atoms with Gasteiger partial charge in [0.15, 0.2) is 11.5 Å². The zero-order valence-electron chi connectivity index (χ0n) is 13.6. The van der Waals surface area contributed by atoms with Crippen LogP contribution in [0.2, 0.25) is 0 Å². The molecule has 1 N–H and O–H groups in total. The van der Waals surface area contributed by atoms with Crippen molar-refractivity contribution in [2.24, 2.45) is 0 Å². The average Bonchev–Trinajstić information content (AvgIpc) is 3.14. The highest BCUT2D eigenvalue weighted by atomic mass is 32.1. The van der Waals surface area contributed by atoms with Gasteiger partial charge in [0.25, 0.3) is 5.91 Å². The molecular weight excluding hydrogens is 338 g/mol. The molecule has 7 heteroatoms. The van der Waals surface area contributed by atoms with Crippen LogP contribution >= 0.6 is 11.3 Å². The fraction of sp³-hybridized carbons (Fsp3) is 0.167. The van der Waals surface area contributed by atoms with Crippen LogP contribution in [-0.4, -0.2) is 23.0 Å². The lowest BCUT2D eigenvalue weighted by atomic mass is 10.3. The Morgan fingerprint density at radius 2 is 1.96 bits per heavy atom. The number of benzene rings is 1. The predicted octanol–water partition coefficient (Wildman–Crippen LogP) is 3.06. The Kier molecular flexibility index (Phi) is 5.58. The molecule has 128 valence electrons. The topological polar surface area (TPSA) is 73.3 Å². The molecule has 3 rings (SSSR count). The molecule has 2 aromatic heterocycles. The van der Waals surface area contributed by atoms with Crippen molar-refractivity contribution in [3.8, 4) is 11.5 Å². The smallest absolute Gasteiger partial charge is 0.271 e. The minimum atomic E-state index is -0.231. The Morgan fingerprint density at radius 3 is 2.72 bits per heavy atom. The standard InChI is InChI=1S/C18H17N3O3S/c1-23-15-7-2-3-8-16(15)24-11-17-21-14(12-25-17)18(22)20-10-13-6-4-5-9-19-13/h2-9,12H,10-11H2,1H3,(H,20,22). The van der Waals surface area contributed by atoms with E-state index in [4.69, 9.17) is 9.47 Å². The van der Waals surface area contributed by atoms with Gasteiger partial charge in [-0.25, -0.2) is 4.98 Å². The van der Waals surface area contributed by atoms with E-state index in [2.05, 4.69) is 15.3 Å². The first kappa shape index (κ1) is 16.9. The van der Waals surface area contributed by atoms with Crippen LogP contribution in [-0.2, 0) is 13.2 Å². The molecule has 0 aliphatic heterocycles. The van der Waals surface area contributed by atoms with Crippen LogP contribution in [0.25, 0.3) is 0 Å². The third-order valence-electron chi connectivity index (χ3n) is 3.36. The van der Waals surface area contributed by atoms with Gasteiger partial charge in [0.2, 0.25) is 0 Å². The Labute approximate surface area is 149 Å². The monoisotopic (exact) mass is 355 g/mol. The quantitative estimate of drug-likeness (QED) is 0.705. The molecule has 0 saturated heterocycles. The molecule has 0 saturated carbocycles. The minimum absolute atomic E-state index is 0.231. The van der Waals surface area contributed by atoms with E-state index in [0.717, 1.165) is 5.69 Å². The van der Waals surface area contributed by atoms with Crippen LogP contribution < -0.4 is 14.8 Å².